The number of piperazine rings is 1. The van der Waals surface area contributed by atoms with Crippen LogP contribution in [0.3, 0.4) is 0 Å². The van der Waals surface area contributed by atoms with Gasteiger partial charge < -0.3 is 9.64 Å². The average Bonchev–Trinajstić information content (AvgIpc) is 2.85. The van der Waals surface area contributed by atoms with E-state index in [0.29, 0.717) is 19.5 Å². The van der Waals surface area contributed by atoms with E-state index in [4.69, 9.17) is 4.74 Å². The fourth-order valence-electron chi connectivity index (χ4n) is 4.99. The number of hydrogen-bond acceptors (Lipinski definition) is 4. The van der Waals surface area contributed by atoms with Crippen molar-refractivity contribution in [3.8, 4) is 0 Å². The number of nitrogens with zero attached hydrogens (tertiary/aromatic N) is 3. The Hall–Kier alpha value is -2.28. The summed E-state index contributed by atoms with van der Waals surface area (Å²) in [7, 11) is 0. The van der Waals surface area contributed by atoms with Crippen LogP contribution in [0.25, 0.3) is 0 Å². The molecular formula is C26H34FN3O2. The summed E-state index contributed by atoms with van der Waals surface area (Å²) < 4.78 is 19.8. The first kappa shape index (κ1) is 22.9. The van der Waals surface area contributed by atoms with Crippen LogP contribution in [-0.4, -0.2) is 67.2 Å². The largest absolute Gasteiger partial charge is 0.381 e. The number of rotatable bonds is 7. The molecule has 0 aliphatic carbocycles. The van der Waals surface area contributed by atoms with Crippen molar-refractivity contribution in [1.29, 1.82) is 0 Å². The molecule has 2 fully saturated rings. The molecule has 32 heavy (non-hydrogen) atoms. The number of halogens is 1. The first-order chi connectivity index (χ1) is 15.6. The van der Waals surface area contributed by atoms with Gasteiger partial charge in [0.05, 0.1) is 0 Å². The number of anilines is 1. The maximum absolute atomic E-state index is 14.1. The fraction of sp³-hybridized carbons (Fsp3) is 0.500. The highest BCUT2D eigenvalue weighted by Crippen LogP contribution is 2.32. The third-order valence-electron chi connectivity index (χ3n) is 6.94. The van der Waals surface area contributed by atoms with Gasteiger partial charge in [-0.2, -0.15) is 0 Å². The summed E-state index contributed by atoms with van der Waals surface area (Å²) in [6.45, 7) is 8.30. The maximum Gasteiger partial charge on any atom is 0.226 e. The first-order valence-electron chi connectivity index (χ1n) is 11.8. The van der Waals surface area contributed by atoms with E-state index in [-0.39, 0.29) is 17.3 Å². The Labute approximate surface area is 190 Å². The van der Waals surface area contributed by atoms with Crippen molar-refractivity contribution in [2.45, 2.75) is 38.3 Å². The molecule has 0 atom stereocenters. The van der Waals surface area contributed by atoms with Crippen molar-refractivity contribution < 1.29 is 13.9 Å². The van der Waals surface area contributed by atoms with Crippen molar-refractivity contribution in [2.75, 3.05) is 50.8 Å². The van der Waals surface area contributed by atoms with Gasteiger partial charge in [-0.1, -0.05) is 43.3 Å². The van der Waals surface area contributed by atoms with E-state index < -0.39 is 0 Å². The van der Waals surface area contributed by atoms with Crippen LogP contribution in [0.2, 0.25) is 0 Å². The van der Waals surface area contributed by atoms with Crippen LogP contribution in [0.1, 0.15) is 31.7 Å². The second-order valence-electron chi connectivity index (χ2n) is 8.86. The molecule has 0 bridgehead atoms. The smallest absolute Gasteiger partial charge is 0.226 e. The Morgan fingerprint density at radius 3 is 2.31 bits per heavy atom. The molecule has 172 valence electrons. The third-order valence-corrected chi connectivity index (χ3v) is 6.94. The molecular weight excluding hydrogens is 405 g/mol. The van der Waals surface area contributed by atoms with Gasteiger partial charge in [-0.05, 0) is 31.0 Å². The number of amides is 1. The lowest BCUT2D eigenvalue weighted by molar-refractivity contribution is -0.119. The quantitative estimate of drug-likeness (QED) is 0.655. The van der Waals surface area contributed by atoms with Crippen LogP contribution >= 0.6 is 0 Å². The molecule has 5 nitrogen and oxygen atoms in total. The Morgan fingerprint density at radius 2 is 1.66 bits per heavy atom. The Balaban J connectivity index is 1.48. The van der Waals surface area contributed by atoms with Gasteiger partial charge in [0.15, 0.2) is 0 Å². The van der Waals surface area contributed by atoms with Gasteiger partial charge in [0.2, 0.25) is 5.91 Å². The maximum atomic E-state index is 14.1. The fourth-order valence-corrected chi connectivity index (χ4v) is 4.99. The summed E-state index contributed by atoms with van der Waals surface area (Å²) >= 11 is 0. The van der Waals surface area contributed by atoms with Gasteiger partial charge in [-0.3, -0.25) is 14.6 Å². The normalized spacial score (nSPS) is 19.6. The standard InChI is InChI=1S/C26H34FN3O2/c1-2-25(31)30(23-9-4-3-5-10-23)21-26(12-18-32-19-13-26)29-16-14-28(15-17-29)20-22-8-6-7-11-24(22)27/h3-11H,2,12-21H2,1H3. The summed E-state index contributed by atoms with van der Waals surface area (Å²) in [5.41, 5.74) is 1.62. The number of carbonyl (C=O) groups excluding carboxylic acids is 1. The van der Waals surface area contributed by atoms with Crippen LogP contribution in [0.4, 0.5) is 10.1 Å². The zero-order chi connectivity index (χ0) is 22.4. The lowest BCUT2D eigenvalue weighted by atomic mass is 9.86. The number of ether oxygens (including phenoxy) is 1. The SMILES string of the molecule is CCC(=O)N(CC1(N2CCN(Cc3ccccc3F)CC2)CCOCC1)c1ccccc1. The minimum Gasteiger partial charge on any atom is -0.381 e. The van der Waals surface area contributed by atoms with Crippen LogP contribution in [-0.2, 0) is 16.1 Å². The average molecular weight is 440 g/mol. The summed E-state index contributed by atoms with van der Waals surface area (Å²) in [5.74, 6) is 0.0210. The molecule has 4 rings (SSSR count). The third kappa shape index (κ3) is 5.20. The van der Waals surface area contributed by atoms with E-state index in [0.717, 1.165) is 63.5 Å². The molecule has 2 aliphatic rings. The van der Waals surface area contributed by atoms with E-state index in [1.807, 2.05) is 54.3 Å². The molecule has 0 N–H and O–H groups in total. The second-order valence-corrected chi connectivity index (χ2v) is 8.86. The summed E-state index contributed by atoms with van der Waals surface area (Å²) in [6, 6.07) is 17.0. The molecule has 1 amide bonds. The lowest BCUT2D eigenvalue weighted by Gasteiger charge is -2.51. The van der Waals surface area contributed by atoms with Crippen molar-refractivity contribution in [3.05, 3.63) is 66.0 Å². The van der Waals surface area contributed by atoms with E-state index in [9.17, 15) is 9.18 Å². The van der Waals surface area contributed by atoms with E-state index in [1.54, 1.807) is 6.07 Å². The van der Waals surface area contributed by atoms with Gasteiger partial charge in [0.1, 0.15) is 5.82 Å². The van der Waals surface area contributed by atoms with Crippen molar-refractivity contribution in [3.63, 3.8) is 0 Å². The molecule has 0 radical (unpaired) electrons. The summed E-state index contributed by atoms with van der Waals surface area (Å²) in [5, 5.41) is 0. The molecule has 2 heterocycles. The number of benzene rings is 2. The summed E-state index contributed by atoms with van der Waals surface area (Å²) in [6.07, 6.45) is 2.32. The molecule has 2 aromatic rings. The predicted octanol–water partition coefficient (Wildman–Crippen LogP) is 3.94. The van der Waals surface area contributed by atoms with Crippen molar-refractivity contribution in [2.24, 2.45) is 0 Å². The van der Waals surface area contributed by atoms with Crippen LogP contribution in [0.5, 0.6) is 0 Å². The number of hydrogen-bond donors (Lipinski definition) is 0. The molecule has 6 heteroatoms. The van der Waals surface area contributed by atoms with Gasteiger partial charge >= 0.3 is 0 Å². The van der Waals surface area contributed by atoms with E-state index in [1.165, 1.54) is 6.07 Å². The number of carbonyl (C=O) groups is 1. The number of para-hydroxylation sites is 1. The van der Waals surface area contributed by atoms with E-state index >= 15 is 0 Å². The van der Waals surface area contributed by atoms with Crippen molar-refractivity contribution >= 4 is 11.6 Å². The van der Waals surface area contributed by atoms with Gasteiger partial charge in [0, 0.05) is 75.7 Å². The van der Waals surface area contributed by atoms with Crippen LogP contribution in [0, 0.1) is 5.82 Å². The monoisotopic (exact) mass is 439 g/mol. The van der Waals surface area contributed by atoms with Crippen molar-refractivity contribution in [1.82, 2.24) is 9.80 Å². The highest BCUT2D eigenvalue weighted by atomic mass is 19.1. The molecule has 0 aromatic heterocycles. The minimum atomic E-state index is -0.132. The van der Waals surface area contributed by atoms with Crippen LogP contribution in [0.15, 0.2) is 54.6 Å². The molecule has 0 spiro atoms. The highest BCUT2D eigenvalue weighted by Gasteiger charge is 2.42. The zero-order valence-electron chi connectivity index (χ0n) is 19.0. The van der Waals surface area contributed by atoms with Crippen LogP contribution < -0.4 is 4.90 Å². The topological polar surface area (TPSA) is 36.0 Å². The Kier molecular flexibility index (Phi) is 7.55. The van der Waals surface area contributed by atoms with E-state index in [2.05, 4.69) is 9.80 Å². The molecule has 0 saturated carbocycles. The lowest BCUT2D eigenvalue weighted by Crippen LogP contribution is -2.63. The Morgan fingerprint density at radius 1 is 1.00 bits per heavy atom. The van der Waals surface area contributed by atoms with Gasteiger partial charge in [-0.15, -0.1) is 0 Å². The van der Waals surface area contributed by atoms with Gasteiger partial charge in [-0.25, -0.2) is 4.39 Å². The Bertz CT molecular complexity index is 878. The predicted molar refractivity (Wildman–Crippen MR) is 125 cm³/mol. The zero-order valence-corrected chi connectivity index (χ0v) is 19.0. The van der Waals surface area contributed by atoms with Gasteiger partial charge in [0.25, 0.3) is 0 Å². The first-order valence-corrected chi connectivity index (χ1v) is 11.8. The minimum absolute atomic E-state index is 0.0942. The summed E-state index contributed by atoms with van der Waals surface area (Å²) in [4.78, 5) is 19.8. The molecule has 2 saturated heterocycles. The second kappa shape index (κ2) is 10.6. The molecule has 0 unspecified atom stereocenters. The molecule has 2 aliphatic heterocycles. The highest BCUT2D eigenvalue weighted by molar-refractivity contribution is 5.93. The molecule has 2 aromatic carbocycles.